The van der Waals surface area contributed by atoms with Gasteiger partial charge in [-0.1, -0.05) is 59.9 Å². The van der Waals surface area contributed by atoms with Crippen LogP contribution in [0.2, 0.25) is 0 Å². The Labute approximate surface area is 107 Å². The fraction of sp³-hybridized carbons (Fsp3) is 0.533. The molecule has 100 valence electrons. The lowest BCUT2D eigenvalue weighted by molar-refractivity contribution is 0.417. The van der Waals surface area contributed by atoms with Crippen LogP contribution in [0.4, 0.5) is 0 Å². The second-order valence-corrected chi connectivity index (χ2v) is 2.64. The molecule has 1 rings (SSSR count). The van der Waals surface area contributed by atoms with Gasteiger partial charge in [0.15, 0.2) is 0 Å². The van der Waals surface area contributed by atoms with Crippen LogP contribution in [0.25, 0.3) is 11.1 Å². The molecule has 17 heavy (non-hydrogen) atoms. The first-order valence-electron chi connectivity index (χ1n) is 6.39. The van der Waals surface area contributed by atoms with Crippen molar-refractivity contribution in [3.8, 4) is 0 Å². The second kappa shape index (κ2) is 14.7. The van der Waals surface area contributed by atoms with E-state index in [0.717, 1.165) is 22.4 Å². The molecule has 0 fully saturated rings. The largest absolute Gasteiger partial charge is 0.363 e. The highest BCUT2D eigenvalue weighted by atomic mass is 16.5. The van der Waals surface area contributed by atoms with E-state index in [1.165, 1.54) is 0 Å². The molecule has 1 aromatic heterocycles. The van der Waals surface area contributed by atoms with Crippen LogP contribution in [-0.4, -0.2) is 5.16 Å². The van der Waals surface area contributed by atoms with Crippen molar-refractivity contribution in [3.63, 3.8) is 0 Å². The first kappa shape index (κ1) is 21.0. The van der Waals surface area contributed by atoms with E-state index in [1.807, 2.05) is 55.4 Å². The van der Waals surface area contributed by atoms with Gasteiger partial charge in [-0.15, -0.1) is 0 Å². The summed E-state index contributed by atoms with van der Waals surface area (Å²) in [5, 5.41) is 3.80. The fourth-order valence-corrected chi connectivity index (χ4v) is 0.847. The van der Waals surface area contributed by atoms with Crippen molar-refractivity contribution in [1.82, 2.24) is 5.16 Å². The van der Waals surface area contributed by atoms with E-state index in [2.05, 4.69) is 18.3 Å². The Kier molecular flexibility index (Phi) is 18.2. The van der Waals surface area contributed by atoms with Gasteiger partial charge in [0.05, 0.1) is 0 Å². The third-order valence-electron chi connectivity index (χ3n) is 1.43. The molecule has 0 atom stereocenters. The topological polar surface area (TPSA) is 26.0 Å². The number of hydrogen-bond acceptors (Lipinski definition) is 2. The quantitative estimate of drug-likeness (QED) is 0.650. The minimum Gasteiger partial charge on any atom is -0.363 e. The van der Waals surface area contributed by atoms with Gasteiger partial charge in [0, 0.05) is 5.56 Å². The SMILES string of the molecule is C=C(C)c1conc1C(=C)C.CC.CC.CC. The van der Waals surface area contributed by atoms with Gasteiger partial charge in [0.2, 0.25) is 0 Å². The molecule has 0 amide bonds. The molecular formula is C15H29NO. The van der Waals surface area contributed by atoms with Crippen molar-refractivity contribution in [2.75, 3.05) is 0 Å². The molecular weight excluding hydrogens is 210 g/mol. The van der Waals surface area contributed by atoms with Crippen LogP contribution >= 0.6 is 0 Å². The van der Waals surface area contributed by atoms with Gasteiger partial charge in [-0.25, -0.2) is 0 Å². The number of rotatable bonds is 2. The zero-order valence-corrected chi connectivity index (χ0v) is 12.8. The van der Waals surface area contributed by atoms with Crippen molar-refractivity contribution in [3.05, 3.63) is 30.7 Å². The Morgan fingerprint density at radius 2 is 1.35 bits per heavy atom. The average Bonchev–Trinajstić information content (AvgIpc) is 2.86. The molecule has 0 saturated carbocycles. The van der Waals surface area contributed by atoms with Gasteiger partial charge in [-0.3, -0.25) is 0 Å². The molecule has 0 unspecified atom stereocenters. The van der Waals surface area contributed by atoms with Crippen LogP contribution in [0.3, 0.4) is 0 Å². The number of aromatic nitrogens is 1. The van der Waals surface area contributed by atoms with Crippen molar-refractivity contribution in [2.24, 2.45) is 0 Å². The van der Waals surface area contributed by atoms with Crippen molar-refractivity contribution in [1.29, 1.82) is 0 Å². The summed E-state index contributed by atoms with van der Waals surface area (Å²) >= 11 is 0. The van der Waals surface area contributed by atoms with E-state index >= 15 is 0 Å². The van der Waals surface area contributed by atoms with Crippen molar-refractivity contribution >= 4 is 11.1 Å². The smallest absolute Gasteiger partial charge is 0.131 e. The molecule has 0 bridgehead atoms. The van der Waals surface area contributed by atoms with Gasteiger partial charge >= 0.3 is 0 Å². The van der Waals surface area contributed by atoms with E-state index < -0.39 is 0 Å². The number of allylic oxidation sites excluding steroid dienone is 2. The maximum Gasteiger partial charge on any atom is 0.131 e. The summed E-state index contributed by atoms with van der Waals surface area (Å²) in [7, 11) is 0. The molecule has 2 heteroatoms. The Morgan fingerprint density at radius 1 is 0.941 bits per heavy atom. The van der Waals surface area contributed by atoms with Crippen LogP contribution in [0.15, 0.2) is 23.9 Å². The lowest BCUT2D eigenvalue weighted by atomic mass is 10.1. The average molecular weight is 239 g/mol. The predicted molar refractivity (Wildman–Crippen MR) is 80.0 cm³/mol. The molecule has 0 spiro atoms. The fourth-order valence-electron chi connectivity index (χ4n) is 0.847. The van der Waals surface area contributed by atoms with Gasteiger partial charge in [0.1, 0.15) is 12.0 Å². The Balaban J connectivity index is -0.000000285. The molecule has 0 saturated heterocycles. The minimum atomic E-state index is 0.803. The Bertz CT molecular complexity index is 269. The first-order valence-corrected chi connectivity index (χ1v) is 6.39. The van der Waals surface area contributed by atoms with Crippen LogP contribution in [0.1, 0.15) is 66.6 Å². The summed E-state index contributed by atoms with van der Waals surface area (Å²) in [5.74, 6) is 0. The zero-order valence-electron chi connectivity index (χ0n) is 12.8. The molecule has 1 heterocycles. The predicted octanol–water partition coefficient (Wildman–Crippen LogP) is 5.82. The monoisotopic (exact) mass is 239 g/mol. The lowest BCUT2D eigenvalue weighted by Gasteiger charge is -1.96. The number of hydrogen-bond donors (Lipinski definition) is 0. The maximum absolute atomic E-state index is 4.80. The first-order chi connectivity index (χ1) is 8.13. The Morgan fingerprint density at radius 3 is 1.59 bits per heavy atom. The summed E-state index contributed by atoms with van der Waals surface area (Å²) in [6.45, 7) is 23.4. The van der Waals surface area contributed by atoms with Gasteiger partial charge < -0.3 is 4.52 Å². The van der Waals surface area contributed by atoms with Gasteiger partial charge in [-0.05, 0) is 25.0 Å². The Hall–Kier alpha value is -1.31. The third kappa shape index (κ3) is 8.49. The zero-order chi connectivity index (χ0) is 14.4. The van der Waals surface area contributed by atoms with E-state index in [4.69, 9.17) is 4.52 Å². The van der Waals surface area contributed by atoms with Crippen molar-refractivity contribution < 1.29 is 4.52 Å². The summed E-state index contributed by atoms with van der Waals surface area (Å²) in [6.07, 6.45) is 1.59. The standard InChI is InChI=1S/C9H11NO.3C2H6/c1-6(2)8-5-11-10-9(8)7(3)4;3*1-2/h5H,1,3H2,2,4H3;3*1-2H3. The van der Waals surface area contributed by atoms with Crippen LogP contribution < -0.4 is 0 Å². The van der Waals surface area contributed by atoms with E-state index in [-0.39, 0.29) is 0 Å². The summed E-state index contributed by atoms with van der Waals surface area (Å²) in [6, 6.07) is 0. The van der Waals surface area contributed by atoms with E-state index in [9.17, 15) is 0 Å². The highest BCUT2D eigenvalue weighted by Gasteiger charge is 2.07. The van der Waals surface area contributed by atoms with Gasteiger partial charge in [0.25, 0.3) is 0 Å². The normalized spacial score (nSPS) is 7.29. The van der Waals surface area contributed by atoms with E-state index in [0.29, 0.717) is 0 Å². The van der Waals surface area contributed by atoms with Crippen LogP contribution in [0, 0.1) is 0 Å². The molecule has 0 N–H and O–H groups in total. The number of nitrogens with zero attached hydrogens (tertiary/aromatic N) is 1. The molecule has 0 aliphatic heterocycles. The highest BCUT2D eigenvalue weighted by molar-refractivity contribution is 5.73. The van der Waals surface area contributed by atoms with E-state index in [1.54, 1.807) is 6.26 Å². The lowest BCUT2D eigenvalue weighted by Crippen LogP contribution is -1.83. The molecule has 0 aliphatic carbocycles. The minimum absolute atomic E-state index is 0.803. The molecule has 0 radical (unpaired) electrons. The summed E-state index contributed by atoms with van der Waals surface area (Å²) in [5.41, 5.74) is 3.59. The van der Waals surface area contributed by atoms with Crippen LogP contribution in [-0.2, 0) is 0 Å². The highest BCUT2D eigenvalue weighted by Crippen LogP contribution is 2.21. The molecule has 2 nitrogen and oxygen atoms in total. The van der Waals surface area contributed by atoms with Crippen molar-refractivity contribution in [2.45, 2.75) is 55.4 Å². The molecule has 0 aliphatic rings. The van der Waals surface area contributed by atoms with Crippen LogP contribution in [0.5, 0.6) is 0 Å². The summed E-state index contributed by atoms with van der Waals surface area (Å²) in [4.78, 5) is 0. The second-order valence-electron chi connectivity index (χ2n) is 2.64. The summed E-state index contributed by atoms with van der Waals surface area (Å²) < 4.78 is 4.80. The maximum atomic E-state index is 4.80. The third-order valence-corrected chi connectivity index (χ3v) is 1.43. The molecule has 1 aromatic rings. The van der Waals surface area contributed by atoms with Gasteiger partial charge in [-0.2, -0.15) is 0 Å². The molecule has 0 aromatic carbocycles.